The Balaban J connectivity index is 1.91. The first-order valence-corrected chi connectivity index (χ1v) is 6.83. The lowest BCUT2D eigenvalue weighted by Crippen LogP contribution is -2.32. The van der Waals surface area contributed by atoms with E-state index in [2.05, 4.69) is 28.2 Å². The van der Waals surface area contributed by atoms with E-state index in [-0.39, 0.29) is 11.9 Å². The molecule has 1 fully saturated rings. The lowest BCUT2D eigenvalue weighted by atomic mass is 10.2. The van der Waals surface area contributed by atoms with E-state index < -0.39 is 0 Å². The molecule has 2 rings (SSSR count). The van der Waals surface area contributed by atoms with Crippen LogP contribution in [0.4, 0.5) is 4.39 Å². The largest absolute Gasteiger partial charge is 0.486 e. The Morgan fingerprint density at radius 1 is 1.53 bits per heavy atom. The van der Waals surface area contributed by atoms with Gasteiger partial charge in [-0.2, -0.15) is 0 Å². The molecule has 0 aliphatic heterocycles. The molecule has 1 unspecified atom stereocenters. The van der Waals surface area contributed by atoms with Gasteiger partial charge >= 0.3 is 0 Å². The van der Waals surface area contributed by atoms with E-state index in [0.717, 1.165) is 17.4 Å². The van der Waals surface area contributed by atoms with Crippen molar-refractivity contribution in [2.75, 3.05) is 6.54 Å². The van der Waals surface area contributed by atoms with Crippen LogP contribution < -0.4 is 10.1 Å². The zero-order valence-electron chi connectivity index (χ0n) is 9.88. The Labute approximate surface area is 110 Å². The zero-order chi connectivity index (χ0) is 12.3. The van der Waals surface area contributed by atoms with Crippen molar-refractivity contribution in [1.29, 1.82) is 0 Å². The number of ether oxygens (including phenoxy) is 1. The summed E-state index contributed by atoms with van der Waals surface area (Å²) in [6.07, 6.45) is 3.41. The van der Waals surface area contributed by atoms with Crippen molar-refractivity contribution >= 4 is 15.9 Å². The molecule has 4 heteroatoms. The van der Waals surface area contributed by atoms with Crippen LogP contribution in [-0.2, 0) is 0 Å². The third-order valence-electron chi connectivity index (χ3n) is 2.85. The van der Waals surface area contributed by atoms with Gasteiger partial charge in [-0.3, -0.25) is 0 Å². The van der Waals surface area contributed by atoms with Gasteiger partial charge < -0.3 is 10.1 Å². The molecule has 0 saturated heterocycles. The first kappa shape index (κ1) is 12.8. The van der Waals surface area contributed by atoms with Crippen molar-refractivity contribution in [3.63, 3.8) is 0 Å². The highest BCUT2D eigenvalue weighted by atomic mass is 79.9. The fourth-order valence-corrected chi connectivity index (χ4v) is 1.94. The van der Waals surface area contributed by atoms with Crippen LogP contribution in [0.25, 0.3) is 0 Å². The van der Waals surface area contributed by atoms with Crippen LogP contribution >= 0.6 is 15.9 Å². The van der Waals surface area contributed by atoms with E-state index in [0.29, 0.717) is 11.8 Å². The summed E-state index contributed by atoms with van der Waals surface area (Å²) in [5, 5.41) is 3.40. The smallest absolute Gasteiger partial charge is 0.166 e. The number of hydrogen-bond acceptors (Lipinski definition) is 2. The van der Waals surface area contributed by atoms with Gasteiger partial charge in [0.15, 0.2) is 11.6 Å². The molecule has 1 atom stereocenters. The average Bonchev–Trinajstić information content (AvgIpc) is 3.11. The Kier molecular flexibility index (Phi) is 4.40. The zero-order valence-corrected chi connectivity index (χ0v) is 11.5. The molecule has 1 aromatic carbocycles. The van der Waals surface area contributed by atoms with Gasteiger partial charge in [-0.1, -0.05) is 22.9 Å². The summed E-state index contributed by atoms with van der Waals surface area (Å²) in [4.78, 5) is 0. The van der Waals surface area contributed by atoms with Crippen LogP contribution in [0.5, 0.6) is 5.75 Å². The number of nitrogens with one attached hydrogen (secondary N) is 1. The first-order chi connectivity index (χ1) is 8.19. The van der Waals surface area contributed by atoms with Crippen LogP contribution in [0, 0.1) is 5.82 Å². The average molecular weight is 302 g/mol. The second kappa shape index (κ2) is 5.83. The highest BCUT2D eigenvalue weighted by Crippen LogP contribution is 2.23. The van der Waals surface area contributed by atoms with E-state index >= 15 is 0 Å². The molecular formula is C13H17BrFNO. The van der Waals surface area contributed by atoms with Gasteiger partial charge in [0.1, 0.15) is 6.10 Å². The molecule has 0 bridgehead atoms. The summed E-state index contributed by atoms with van der Waals surface area (Å²) >= 11 is 3.23. The van der Waals surface area contributed by atoms with Crippen molar-refractivity contribution in [3.05, 3.63) is 28.5 Å². The standard InChI is InChI=1S/C13H17BrFNO/c1-2-11(8-16-10-4-5-10)17-13-6-3-9(14)7-12(13)15/h3,6-7,10-11,16H,2,4-5,8H2,1H3. The van der Waals surface area contributed by atoms with Gasteiger partial charge in [0, 0.05) is 17.1 Å². The number of halogens is 2. The molecule has 0 aromatic heterocycles. The minimum atomic E-state index is -0.316. The van der Waals surface area contributed by atoms with Gasteiger partial charge in [0.2, 0.25) is 0 Å². The van der Waals surface area contributed by atoms with Crippen molar-refractivity contribution in [3.8, 4) is 5.75 Å². The normalized spacial score (nSPS) is 16.9. The van der Waals surface area contributed by atoms with Crippen LogP contribution in [0.1, 0.15) is 26.2 Å². The molecule has 1 aliphatic carbocycles. The lowest BCUT2D eigenvalue weighted by molar-refractivity contribution is 0.184. The summed E-state index contributed by atoms with van der Waals surface area (Å²) in [6.45, 7) is 2.84. The maximum absolute atomic E-state index is 13.6. The van der Waals surface area contributed by atoms with Crippen molar-refractivity contribution < 1.29 is 9.13 Å². The van der Waals surface area contributed by atoms with E-state index in [4.69, 9.17) is 4.74 Å². The molecule has 0 amide bonds. The van der Waals surface area contributed by atoms with Gasteiger partial charge in [-0.25, -0.2) is 4.39 Å². The SMILES string of the molecule is CCC(CNC1CC1)Oc1ccc(Br)cc1F. The summed E-state index contributed by atoms with van der Waals surface area (Å²) in [5.41, 5.74) is 0. The number of benzene rings is 1. The fraction of sp³-hybridized carbons (Fsp3) is 0.538. The van der Waals surface area contributed by atoms with Crippen LogP contribution in [0.15, 0.2) is 22.7 Å². The Morgan fingerprint density at radius 3 is 2.88 bits per heavy atom. The molecule has 94 valence electrons. The summed E-state index contributed by atoms with van der Waals surface area (Å²) in [6, 6.07) is 5.54. The summed E-state index contributed by atoms with van der Waals surface area (Å²) in [7, 11) is 0. The second-order valence-electron chi connectivity index (χ2n) is 4.41. The maximum Gasteiger partial charge on any atom is 0.166 e. The molecule has 1 N–H and O–H groups in total. The fourth-order valence-electron chi connectivity index (χ4n) is 1.61. The highest BCUT2D eigenvalue weighted by molar-refractivity contribution is 9.10. The van der Waals surface area contributed by atoms with Gasteiger partial charge in [-0.05, 0) is 37.5 Å². The number of rotatable bonds is 6. The predicted octanol–water partition coefficient (Wildman–Crippen LogP) is 3.50. The van der Waals surface area contributed by atoms with Gasteiger partial charge in [-0.15, -0.1) is 0 Å². The minimum absolute atomic E-state index is 0.0336. The third kappa shape index (κ3) is 3.96. The monoisotopic (exact) mass is 301 g/mol. The molecule has 17 heavy (non-hydrogen) atoms. The molecule has 0 heterocycles. The Bertz CT molecular complexity index is 382. The van der Waals surface area contributed by atoms with E-state index in [1.807, 2.05) is 0 Å². The van der Waals surface area contributed by atoms with Crippen LogP contribution in [0.3, 0.4) is 0 Å². The van der Waals surface area contributed by atoms with Crippen molar-refractivity contribution in [2.24, 2.45) is 0 Å². The van der Waals surface area contributed by atoms with E-state index in [1.165, 1.54) is 18.9 Å². The van der Waals surface area contributed by atoms with Crippen LogP contribution in [0.2, 0.25) is 0 Å². The molecule has 2 nitrogen and oxygen atoms in total. The van der Waals surface area contributed by atoms with E-state index in [9.17, 15) is 4.39 Å². The second-order valence-corrected chi connectivity index (χ2v) is 5.32. The molecule has 1 aromatic rings. The molecule has 1 saturated carbocycles. The van der Waals surface area contributed by atoms with Crippen LogP contribution in [-0.4, -0.2) is 18.7 Å². The van der Waals surface area contributed by atoms with Crippen molar-refractivity contribution in [2.45, 2.75) is 38.3 Å². The minimum Gasteiger partial charge on any atom is -0.486 e. The topological polar surface area (TPSA) is 21.3 Å². The molecule has 0 radical (unpaired) electrons. The first-order valence-electron chi connectivity index (χ1n) is 6.04. The lowest BCUT2D eigenvalue weighted by Gasteiger charge is -2.18. The van der Waals surface area contributed by atoms with Gasteiger partial charge in [0.05, 0.1) is 0 Å². The van der Waals surface area contributed by atoms with Crippen molar-refractivity contribution in [1.82, 2.24) is 5.32 Å². The maximum atomic E-state index is 13.6. The summed E-state index contributed by atoms with van der Waals surface area (Å²) < 4.78 is 20.0. The third-order valence-corrected chi connectivity index (χ3v) is 3.35. The predicted molar refractivity (Wildman–Crippen MR) is 69.8 cm³/mol. The van der Waals surface area contributed by atoms with E-state index in [1.54, 1.807) is 12.1 Å². The number of hydrogen-bond donors (Lipinski definition) is 1. The quantitative estimate of drug-likeness (QED) is 0.868. The Hall–Kier alpha value is -0.610. The molecule has 1 aliphatic rings. The van der Waals surface area contributed by atoms with Gasteiger partial charge in [0.25, 0.3) is 0 Å². The summed E-state index contributed by atoms with van der Waals surface area (Å²) in [5.74, 6) is 0.0156. The molecule has 0 spiro atoms. The highest BCUT2D eigenvalue weighted by Gasteiger charge is 2.22. The molecular weight excluding hydrogens is 285 g/mol. The Morgan fingerprint density at radius 2 is 2.29 bits per heavy atom.